The molecule has 0 aromatic heterocycles. The van der Waals surface area contributed by atoms with E-state index >= 15 is 0 Å². The molecular weight excluding hydrogens is 301 g/mol. The highest BCUT2D eigenvalue weighted by Crippen LogP contribution is 2.35. The summed E-state index contributed by atoms with van der Waals surface area (Å²) in [6, 6.07) is 16.4. The molecule has 0 saturated heterocycles. The Balaban J connectivity index is 2.33. The van der Waals surface area contributed by atoms with Crippen LogP contribution in [-0.2, 0) is 0 Å². The maximum atomic E-state index is 6.41. The van der Waals surface area contributed by atoms with Crippen LogP contribution >= 0.6 is 23.2 Å². The number of nitrogens with one attached hydrogen (secondary N) is 1. The van der Waals surface area contributed by atoms with Crippen LogP contribution < -0.4 is 5.32 Å². The van der Waals surface area contributed by atoms with Crippen molar-refractivity contribution < 1.29 is 0 Å². The molecule has 2 atom stereocenters. The van der Waals surface area contributed by atoms with E-state index < -0.39 is 0 Å². The van der Waals surface area contributed by atoms with Crippen molar-refractivity contribution >= 4 is 23.2 Å². The van der Waals surface area contributed by atoms with Crippen LogP contribution in [0.5, 0.6) is 0 Å². The van der Waals surface area contributed by atoms with Crippen molar-refractivity contribution in [1.82, 2.24) is 5.32 Å². The maximum absolute atomic E-state index is 6.41. The van der Waals surface area contributed by atoms with Gasteiger partial charge in [-0.3, -0.25) is 0 Å². The van der Waals surface area contributed by atoms with Crippen LogP contribution in [0, 0.1) is 0 Å². The van der Waals surface area contributed by atoms with Crippen molar-refractivity contribution in [3.05, 3.63) is 69.7 Å². The summed E-state index contributed by atoms with van der Waals surface area (Å²) in [5, 5.41) is 5.01. The number of rotatable bonds is 6. The minimum absolute atomic E-state index is 0.178. The Labute approximate surface area is 137 Å². The largest absolute Gasteiger partial charge is 0.309 e. The van der Waals surface area contributed by atoms with Crippen LogP contribution in [0.4, 0.5) is 0 Å². The Morgan fingerprint density at radius 3 is 2.38 bits per heavy atom. The summed E-state index contributed by atoms with van der Waals surface area (Å²) in [5.74, 6) is 0.330. The molecule has 112 valence electrons. The molecule has 0 saturated carbocycles. The highest BCUT2D eigenvalue weighted by atomic mass is 35.5. The van der Waals surface area contributed by atoms with Crippen molar-refractivity contribution in [2.75, 3.05) is 6.54 Å². The highest BCUT2D eigenvalue weighted by molar-refractivity contribution is 6.35. The summed E-state index contributed by atoms with van der Waals surface area (Å²) in [5.41, 5.74) is 2.41. The van der Waals surface area contributed by atoms with Crippen LogP contribution in [0.1, 0.15) is 43.4 Å². The van der Waals surface area contributed by atoms with Gasteiger partial charge in [-0.15, -0.1) is 0 Å². The lowest BCUT2D eigenvalue weighted by Gasteiger charge is -2.27. The second-order valence-electron chi connectivity index (χ2n) is 5.30. The quantitative estimate of drug-likeness (QED) is 0.704. The summed E-state index contributed by atoms with van der Waals surface area (Å²) < 4.78 is 0. The van der Waals surface area contributed by atoms with Gasteiger partial charge in [-0.2, -0.15) is 0 Å². The average Bonchev–Trinajstić information content (AvgIpc) is 2.50. The molecule has 0 amide bonds. The summed E-state index contributed by atoms with van der Waals surface area (Å²) in [4.78, 5) is 0. The van der Waals surface area contributed by atoms with E-state index in [0.717, 1.165) is 23.6 Å². The van der Waals surface area contributed by atoms with E-state index in [0.29, 0.717) is 10.9 Å². The van der Waals surface area contributed by atoms with Gasteiger partial charge in [0.15, 0.2) is 0 Å². The first kappa shape index (κ1) is 16.4. The molecule has 0 bridgehead atoms. The molecule has 1 N–H and O–H groups in total. The van der Waals surface area contributed by atoms with Crippen molar-refractivity contribution in [1.29, 1.82) is 0 Å². The molecule has 3 heteroatoms. The van der Waals surface area contributed by atoms with Crippen LogP contribution in [0.25, 0.3) is 0 Å². The first-order chi connectivity index (χ1) is 10.1. The minimum Gasteiger partial charge on any atom is -0.309 e. The van der Waals surface area contributed by atoms with Crippen molar-refractivity contribution in [3.63, 3.8) is 0 Å². The Morgan fingerprint density at radius 2 is 1.76 bits per heavy atom. The molecule has 0 spiro atoms. The van der Waals surface area contributed by atoms with E-state index in [1.807, 2.05) is 24.3 Å². The third-order valence-electron chi connectivity index (χ3n) is 3.74. The minimum atomic E-state index is 0.178. The van der Waals surface area contributed by atoms with Gasteiger partial charge in [-0.25, -0.2) is 0 Å². The van der Waals surface area contributed by atoms with Gasteiger partial charge >= 0.3 is 0 Å². The van der Waals surface area contributed by atoms with E-state index in [4.69, 9.17) is 23.2 Å². The molecule has 21 heavy (non-hydrogen) atoms. The average molecular weight is 322 g/mol. The first-order valence-corrected chi connectivity index (χ1v) is 8.12. The van der Waals surface area contributed by atoms with Gasteiger partial charge in [0.1, 0.15) is 0 Å². The van der Waals surface area contributed by atoms with Gasteiger partial charge in [-0.1, -0.05) is 73.4 Å². The fourth-order valence-corrected chi connectivity index (χ4v) is 3.08. The normalized spacial score (nSPS) is 13.9. The zero-order valence-corrected chi connectivity index (χ0v) is 14.0. The van der Waals surface area contributed by atoms with Gasteiger partial charge in [0.05, 0.1) is 0 Å². The lowest BCUT2D eigenvalue weighted by molar-refractivity contribution is 0.466. The van der Waals surface area contributed by atoms with Gasteiger partial charge in [-0.05, 0) is 36.2 Å². The molecule has 0 heterocycles. The number of halogens is 2. The summed E-state index contributed by atoms with van der Waals surface area (Å²) in [7, 11) is 0. The van der Waals surface area contributed by atoms with E-state index in [9.17, 15) is 0 Å². The smallest absolute Gasteiger partial charge is 0.0468 e. The fourth-order valence-electron chi connectivity index (χ4n) is 2.56. The molecule has 0 aliphatic carbocycles. The molecular formula is C18H21Cl2N. The van der Waals surface area contributed by atoms with Gasteiger partial charge in [0.2, 0.25) is 0 Å². The van der Waals surface area contributed by atoms with E-state index in [1.54, 1.807) is 0 Å². The molecule has 0 fully saturated rings. The second kappa shape index (κ2) is 7.84. The molecule has 1 nitrogen and oxygen atoms in total. The molecule has 2 aromatic carbocycles. The van der Waals surface area contributed by atoms with Gasteiger partial charge < -0.3 is 5.32 Å². The Morgan fingerprint density at radius 1 is 1.05 bits per heavy atom. The Hall–Kier alpha value is -1.02. The Kier molecular flexibility index (Phi) is 6.10. The molecule has 2 unspecified atom stereocenters. The van der Waals surface area contributed by atoms with Crippen molar-refractivity contribution in [2.45, 2.75) is 32.2 Å². The highest BCUT2D eigenvalue weighted by Gasteiger charge is 2.22. The zero-order chi connectivity index (χ0) is 15.2. The standard InChI is InChI=1S/C18H21Cl2N/c1-3-11-21-18(13(2)14-7-5-4-6-8-14)16-10-9-15(19)12-17(16)20/h4-10,12-13,18,21H,3,11H2,1-2H3. The number of hydrogen-bond acceptors (Lipinski definition) is 1. The lowest BCUT2D eigenvalue weighted by Crippen LogP contribution is -2.27. The van der Waals surface area contributed by atoms with Crippen molar-refractivity contribution in [3.8, 4) is 0 Å². The van der Waals surface area contributed by atoms with Gasteiger partial charge in [0, 0.05) is 22.0 Å². The fraction of sp³-hybridized carbons (Fsp3) is 0.333. The van der Waals surface area contributed by atoms with Crippen LogP contribution in [0.3, 0.4) is 0 Å². The Bertz CT molecular complexity index is 569. The maximum Gasteiger partial charge on any atom is 0.0468 e. The monoisotopic (exact) mass is 321 g/mol. The predicted molar refractivity (Wildman–Crippen MR) is 92.4 cm³/mol. The number of hydrogen-bond donors (Lipinski definition) is 1. The van der Waals surface area contributed by atoms with Crippen LogP contribution in [-0.4, -0.2) is 6.54 Å². The lowest BCUT2D eigenvalue weighted by atomic mass is 9.88. The third kappa shape index (κ3) is 4.23. The summed E-state index contributed by atoms with van der Waals surface area (Å²) in [6.45, 7) is 5.36. The van der Waals surface area contributed by atoms with E-state index in [2.05, 4.69) is 43.4 Å². The first-order valence-electron chi connectivity index (χ1n) is 7.36. The van der Waals surface area contributed by atoms with E-state index in [1.165, 1.54) is 5.56 Å². The van der Waals surface area contributed by atoms with Crippen LogP contribution in [0.15, 0.2) is 48.5 Å². The second-order valence-corrected chi connectivity index (χ2v) is 6.14. The van der Waals surface area contributed by atoms with E-state index in [-0.39, 0.29) is 6.04 Å². The topological polar surface area (TPSA) is 12.0 Å². The SMILES string of the molecule is CCCNC(c1ccc(Cl)cc1Cl)C(C)c1ccccc1. The third-order valence-corrected chi connectivity index (χ3v) is 4.30. The molecule has 0 aliphatic rings. The molecule has 0 aliphatic heterocycles. The van der Waals surface area contributed by atoms with Crippen molar-refractivity contribution in [2.24, 2.45) is 0 Å². The predicted octanol–water partition coefficient (Wildman–Crippen LogP) is 5.84. The zero-order valence-electron chi connectivity index (χ0n) is 12.4. The van der Waals surface area contributed by atoms with Crippen LogP contribution in [0.2, 0.25) is 10.0 Å². The molecule has 2 aromatic rings. The summed E-state index contributed by atoms with van der Waals surface area (Å²) in [6.07, 6.45) is 1.09. The number of benzene rings is 2. The molecule has 0 radical (unpaired) electrons. The summed E-state index contributed by atoms with van der Waals surface area (Å²) >= 11 is 12.4. The molecule has 2 rings (SSSR count). The van der Waals surface area contributed by atoms with Gasteiger partial charge in [0.25, 0.3) is 0 Å².